The Balaban J connectivity index is 1.09. The zero-order valence-corrected chi connectivity index (χ0v) is 22.6. The fraction of sp³-hybridized carbons (Fsp3) is 0.407. The number of aromatic nitrogens is 7. The number of hydrogen-bond donors (Lipinski definition) is 1. The highest BCUT2D eigenvalue weighted by molar-refractivity contribution is 6.30. The fourth-order valence-electron chi connectivity index (χ4n) is 5.87. The van der Waals surface area contributed by atoms with Gasteiger partial charge in [0, 0.05) is 55.5 Å². The van der Waals surface area contributed by atoms with Gasteiger partial charge in [0.1, 0.15) is 12.1 Å². The second-order valence-electron chi connectivity index (χ2n) is 10.3. The van der Waals surface area contributed by atoms with E-state index >= 15 is 0 Å². The first-order valence-corrected chi connectivity index (χ1v) is 13.4. The molecular weight excluding hydrogens is 518 g/mol. The third kappa shape index (κ3) is 5.24. The Labute approximate surface area is 231 Å². The van der Waals surface area contributed by atoms with Crippen molar-refractivity contribution in [3.05, 3.63) is 76.5 Å². The zero-order valence-electron chi connectivity index (χ0n) is 21.9. The van der Waals surface area contributed by atoms with E-state index in [1.165, 1.54) is 23.9 Å². The van der Waals surface area contributed by atoms with Crippen molar-refractivity contribution in [2.75, 3.05) is 25.1 Å². The van der Waals surface area contributed by atoms with Crippen molar-refractivity contribution >= 4 is 23.3 Å². The number of halogens is 1. The van der Waals surface area contributed by atoms with Crippen LogP contribution in [-0.4, -0.2) is 67.2 Å². The van der Waals surface area contributed by atoms with Gasteiger partial charge in [0.2, 0.25) is 0 Å². The molecule has 39 heavy (non-hydrogen) atoms. The van der Waals surface area contributed by atoms with Crippen LogP contribution in [0.1, 0.15) is 40.0 Å². The molecule has 6 rings (SSSR count). The topological polar surface area (TPSA) is 116 Å². The smallest absolute Gasteiger partial charge is 0.254 e. The van der Waals surface area contributed by atoms with Gasteiger partial charge in [0.05, 0.1) is 30.1 Å². The van der Waals surface area contributed by atoms with Gasteiger partial charge >= 0.3 is 0 Å². The summed E-state index contributed by atoms with van der Waals surface area (Å²) in [5.41, 5.74) is 4.03. The van der Waals surface area contributed by atoms with E-state index in [0.29, 0.717) is 35.1 Å². The first-order chi connectivity index (χ1) is 19.0. The van der Waals surface area contributed by atoms with E-state index in [2.05, 4.69) is 43.0 Å². The number of aryl methyl sites for hydroxylation is 1. The monoisotopic (exact) mass is 547 g/mol. The number of carbonyl (C=O) groups is 1. The van der Waals surface area contributed by atoms with Crippen LogP contribution in [-0.2, 0) is 17.8 Å². The van der Waals surface area contributed by atoms with E-state index in [-0.39, 0.29) is 12.5 Å². The van der Waals surface area contributed by atoms with Gasteiger partial charge in [-0.3, -0.25) is 9.48 Å². The molecule has 4 aromatic rings. The molecule has 1 saturated heterocycles. The molecule has 11 nitrogen and oxygen atoms in total. The molecule has 1 aromatic carbocycles. The van der Waals surface area contributed by atoms with Gasteiger partial charge in [-0.2, -0.15) is 5.10 Å². The molecule has 1 aliphatic carbocycles. The molecule has 2 unspecified atom stereocenters. The van der Waals surface area contributed by atoms with Crippen LogP contribution in [0.4, 0.5) is 5.82 Å². The summed E-state index contributed by atoms with van der Waals surface area (Å²) in [5.74, 6) is 1.94. The number of pyridine rings is 1. The summed E-state index contributed by atoms with van der Waals surface area (Å²) in [6.07, 6.45) is 7.65. The Morgan fingerprint density at radius 1 is 1.15 bits per heavy atom. The van der Waals surface area contributed by atoms with Gasteiger partial charge in [-0.1, -0.05) is 17.7 Å². The highest BCUT2D eigenvalue weighted by atomic mass is 35.5. The van der Waals surface area contributed by atoms with Crippen molar-refractivity contribution in [3.8, 4) is 5.69 Å². The number of ether oxygens (including phenoxy) is 1. The van der Waals surface area contributed by atoms with Crippen LogP contribution in [0.5, 0.6) is 0 Å². The third-order valence-corrected chi connectivity index (χ3v) is 8.06. The highest BCUT2D eigenvalue weighted by Crippen LogP contribution is 2.39. The minimum atomic E-state index is -0.233. The summed E-state index contributed by atoms with van der Waals surface area (Å²) >= 11 is 6.18. The quantitative estimate of drug-likeness (QED) is 0.358. The number of rotatable bonds is 8. The molecular formula is C27H30ClN9O2. The fourth-order valence-corrected chi connectivity index (χ4v) is 6.07. The lowest BCUT2D eigenvalue weighted by atomic mass is 9.95. The number of amides is 1. The van der Waals surface area contributed by atoms with Crippen molar-refractivity contribution in [2.24, 2.45) is 11.8 Å². The predicted molar refractivity (Wildman–Crippen MR) is 145 cm³/mol. The SMILES string of the molecule is COC1C2CC[C@@H]1CN(c1ccc(Cn3cc(C(=O)NCc4cc(Cl)ccc4-n4cnnn4)cn3)c(C)n1)C2. The molecule has 2 aliphatic rings. The first kappa shape index (κ1) is 25.4. The van der Waals surface area contributed by atoms with Crippen LogP contribution < -0.4 is 10.2 Å². The summed E-state index contributed by atoms with van der Waals surface area (Å²) in [6, 6.07) is 9.56. The highest BCUT2D eigenvalue weighted by Gasteiger charge is 2.42. The van der Waals surface area contributed by atoms with E-state index in [1.54, 1.807) is 29.2 Å². The lowest BCUT2D eigenvalue weighted by Gasteiger charge is -2.38. The average Bonchev–Trinajstić information content (AvgIpc) is 3.68. The van der Waals surface area contributed by atoms with E-state index < -0.39 is 0 Å². The Kier molecular flexibility index (Phi) is 7.01. The largest absolute Gasteiger partial charge is 0.381 e. The third-order valence-electron chi connectivity index (χ3n) is 7.83. The van der Waals surface area contributed by atoms with Crippen molar-refractivity contribution < 1.29 is 9.53 Å². The van der Waals surface area contributed by atoms with E-state index in [4.69, 9.17) is 21.3 Å². The van der Waals surface area contributed by atoms with E-state index in [0.717, 1.165) is 41.4 Å². The number of nitrogens with zero attached hydrogens (tertiary/aromatic N) is 8. The maximum absolute atomic E-state index is 12.9. The van der Waals surface area contributed by atoms with Crippen LogP contribution in [0.25, 0.3) is 5.69 Å². The molecule has 3 aromatic heterocycles. The summed E-state index contributed by atoms with van der Waals surface area (Å²) in [4.78, 5) is 20.2. The zero-order chi connectivity index (χ0) is 26.9. The van der Waals surface area contributed by atoms with Crippen molar-refractivity contribution in [2.45, 2.75) is 39.0 Å². The van der Waals surface area contributed by atoms with Crippen molar-refractivity contribution in [3.63, 3.8) is 0 Å². The number of benzene rings is 1. The number of fused-ring (bicyclic) bond motifs is 2. The Morgan fingerprint density at radius 2 is 1.97 bits per heavy atom. The number of tetrazole rings is 1. The minimum Gasteiger partial charge on any atom is -0.381 e. The number of methoxy groups -OCH3 is 1. The van der Waals surface area contributed by atoms with Crippen LogP contribution in [0.2, 0.25) is 5.02 Å². The Hall–Kier alpha value is -3.83. The normalized spacial score (nSPS) is 20.4. The van der Waals surface area contributed by atoms with Gasteiger partial charge < -0.3 is 15.0 Å². The number of hydrogen-bond acceptors (Lipinski definition) is 8. The summed E-state index contributed by atoms with van der Waals surface area (Å²) in [5, 5.41) is 19.2. The Bertz CT molecular complexity index is 1460. The molecule has 4 heterocycles. The molecule has 1 saturated carbocycles. The van der Waals surface area contributed by atoms with E-state index in [1.807, 2.05) is 20.1 Å². The molecule has 1 amide bonds. The van der Waals surface area contributed by atoms with Gasteiger partial charge in [0.25, 0.3) is 5.91 Å². The van der Waals surface area contributed by atoms with Gasteiger partial charge in [-0.05, 0) is 65.6 Å². The van der Waals surface area contributed by atoms with Crippen LogP contribution in [0.3, 0.4) is 0 Å². The van der Waals surface area contributed by atoms with E-state index in [9.17, 15) is 4.79 Å². The van der Waals surface area contributed by atoms with Crippen molar-refractivity contribution in [1.29, 1.82) is 0 Å². The molecule has 0 spiro atoms. The van der Waals surface area contributed by atoms with Crippen LogP contribution in [0.15, 0.2) is 49.1 Å². The molecule has 3 atom stereocenters. The number of anilines is 1. The first-order valence-electron chi connectivity index (χ1n) is 13.0. The molecule has 2 fully saturated rings. The van der Waals surface area contributed by atoms with Gasteiger partial charge in [0.15, 0.2) is 0 Å². The lowest BCUT2D eigenvalue weighted by Crippen LogP contribution is -2.46. The van der Waals surface area contributed by atoms with Crippen molar-refractivity contribution in [1.82, 2.24) is 40.3 Å². The maximum atomic E-state index is 12.9. The lowest BCUT2D eigenvalue weighted by molar-refractivity contribution is 0.0294. The molecule has 2 bridgehead atoms. The number of nitrogens with one attached hydrogen (secondary N) is 1. The number of piperidine rings is 1. The summed E-state index contributed by atoms with van der Waals surface area (Å²) in [7, 11) is 1.83. The molecule has 0 radical (unpaired) electrons. The van der Waals surface area contributed by atoms with Crippen LogP contribution >= 0.6 is 11.6 Å². The maximum Gasteiger partial charge on any atom is 0.254 e. The molecule has 1 aliphatic heterocycles. The predicted octanol–water partition coefficient (Wildman–Crippen LogP) is 3.06. The molecule has 1 N–H and O–H groups in total. The Morgan fingerprint density at radius 3 is 2.69 bits per heavy atom. The standard InChI is InChI=1S/C27H30ClN9O2/c1-17-18(5-8-25(32-17)35-12-19-3-4-20(13-35)26(19)39-2)14-36-15-22(11-31-36)27(38)29-10-21-9-23(28)6-7-24(21)37-16-30-33-34-37/h5-9,11,15-16,19-20,26H,3-4,10,12-14H2,1-2H3,(H,29,38)/t19-,20?,26?/m1/s1. The van der Waals surface area contributed by atoms with Crippen LogP contribution in [0, 0.1) is 18.8 Å². The molecule has 202 valence electrons. The minimum absolute atomic E-state index is 0.233. The molecule has 12 heteroatoms. The summed E-state index contributed by atoms with van der Waals surface area (Å²) in [6.45, 7) is 4.80. The number of carbonyl (C=O) groups excluding carboxylic acids is 1. The second-order valence-corrected chi connectivity index (χ2v) is 10.7. The van der Waals surface area contributed by atoms with Gasteiger partial charge in [-0.25, -0.2) is 9.67 Å². The average molecular weight is 548 g/mol. The second kappa shape index (κ2) is 10.7. The van der Waals surface area contributed by atoms with Gasteiger partial charge in [-0.15, -0.1) is 5.10 Å². The summed E-state index contributed by atoms with van der Waals surface area (Å²) < 4.78 is 9.04.